The van der Waals surface area contributed by atoms with E-state index >= 15 is 0 Å². The molecule has 4 heteroatoms. The van der Waals surface area contributed by atoms with Crippen molar-refractivity contribution in [1.29, 1.82) is 0 Å². The number of hydrogen-bond donors (Lipinski definition) is 1. The van der Waals surface area contributed by atoms with Crippen LogP contribution >= 0.6 is 0 Å². The van der Waals surface area contributed by atoms with E-state index in [4.69, 9.17) is 0 Å². The molecular formula is C15H15FO2S. The molecule has 0 amide bonds. The van der Waals surface area contributed by atoms with Gasteiger partial charge in [0, 0.05) is 11.3 Å². The molecule has 3 unspecified atom stereocenters. The molecule has 0 aliphatic carbocycles. The highest BCUT2D eigenvalue weighted by molar-refractivity contribution is 7.85. The van der Waals surface area contributed by atoms with Gasteiger partial charge < -0.3 is 5.11 Å². The zero-order valence-electron chi connectivity index (χ0n) is 10.3. The largest absolute Gasteiger partial charge is 0.389 e. The van der Waals surface area contributed by atoms with Crippen LogP contribution in [0.1, 0.15) is 5.56 Å². The molecule has 3 atom stereocenters. The first kappa shape index (κ1) is 13.9. The molecule has 0 aliphatic heterocycles. The number of benzene rings is 2. The van der Waals surface area contributed by atoms with Gasteiger partial charge in [0.1, 0.15) is 6.10 Å². The van der Waals surface area contributed by atoms with E-state index in [1.54, 1.807) is 42.5 Å². The molecule has 2 aromatic carbocycles. The second kappa shape index (κ2) is 6.59. The fourth-order valence-corrected chi connectivity index (χ4v) is 2.84. The topological polar surface area (TPSA) is 37.3 Å². The van der Waals surface area contributed by atoms with Gasteiger partial charge in [-0.1, -0.05) is 48.5 Å². The summed E-state index contributed by atoms with van der Waals surface area (Å²) in [5.74, 6) is 0. The number of aliphatic hydroxyl groups is 1. The van der Waals surface area contributed by atoms with E-state index in [2.05, 4.69) is 0 Å². The van der Waals surface area contributed by atoms with Crippen molar-refractivity contribution >= 4 is 10.8 Å². The predicted octanol–water partition coefficient (Wildman–Crippen LogP) is 2.69. The third-order valence-electron chi connectivity index (χ3n) is 2.77. The molecule has 1 N–H and O–H groups in total. The fraction of sp³-hybridized carbons (Fsp3) is 0.200. The molecule has 19 heavy (non-hydrogen) atoms. The maximum absolute atomic E-state index is 14.0. The molecule has 0 radical (unpaired) electrons. The Balaban J connectivity index is 2.03. The van der Waals surface area contributed by atoms with Crippen molar-refractivity contribution in [1.82, 2.24) is 0 Å². The highest BCUT2D eigenvalue weighted by Gasteiger charge is 2.26. The average molecular weight is 278 g/mol. The van der Waals surface area contributed by atoms with Crippen LogP contribution in [-0.2, 0) is 17.2 Å². The summed E-state index contributed by atoms with van der Waals surface area (Å²) < 4.78 is 26.0. The zero-order valence-corrected chi connectivity index (χ0v) is 11.1. The molecule has 2 rings (SSSR count). The minimum Gasteiger partial charge on any atom is -0.389 e. The van der Waals surface area contributed by atoms with Crippen molar-refractivity contribution in [2.45, 2.75) is 22.9 Å². The van der Waals surface area contributed by atoms with E-state index in [0.717, 1.165) is 5.56 Å². The summed E-state index contributed by atoms with van der Waals surface area (Å²) in [4.78, 5) is 0.391. The van der Waals surface area contributed by atoms with E-state index < -0.39 is 22.4 Å². The molecule has 0 bridgehead atoms. The Kier molecular flexibility index (Phi) is 4.82. The molecule has 100 valence electrons. The predicted molar refractivity (Wildman–Crippen MR) is 73.9 cm³/mol. The van der Waals surface area contributed by atoms with Crippen molar-refractivity contribution < 1.29 is 13.7 Å². The second-order valence-corrected chi connectivity index (χ2v) is 5.74. The SMILES string of the molecule is O=S(c1ccccc1)C(F)C(O)Cc1ccccc1. The van der Waals surface area contributed by atoms with Crippen LogP contribution in [0.15, 0.2) is 65.6 Å². The Morgan fingerprint density at radius 3 is 2.11 bits per heavy atom. The van der Waals surface area contributed by atoms with Crippen LogP contribution in [0.3, 0.4) is 0 Å². The minimum atomic E-state index is -1.85. The van der Waals surface area contributed by atoms with Gasteiger partial charge in [-0.3, -0.25) is 4.21 Å². The van der Waals surface area contributed by atoms with Gasteiger partial charge in [0.25, 0.3) is 0 Å². The number of alkyl halides is 1. The van der Waals surface area contributed by atoms with Gasteiger partial charge in [-0.05, 0) is 17.7 Å². The van der Waals surface area contributed by atoms with Gasteiger partial charge in [-0.15, -0.1) is 0 Å². The molecule has 0 heterocycles. The van der Waals surface area contributed by atoms with Crippen LogP contribution in [0.25, 0.3) is 0 Å². The molecule has 0 fully saturated rings. The quantitative estimate of drug-likeness (QED) is 0.913. The smallest absolute Gasteiger partial charge is 0.205 e. The Labute approximate surface area is 114 Å². The van der Waals surface area contributed by atoms with Crippen LogP contribution < -0.4 is 0 Å². The lowest BCUT2D eigenvalue weighted by Gasteiger charge is -2.15. The maximum atomic E-state index is 14.0. The molecule has 0 aromatic heterocycles. The highest BCUT2D eigenvalue weighted by Crippen LogP contribution is 2.17. The van der Waals surface area contributed by atoms with Gasteiger partial charge in [0.2, 0.25) is 5.50 Å². The summed E-state index contributed by atoms with van der Waals surface area (Å²) in [5, 5.41) is 9.83. The zero-order chi connectivity index (χ0) is 13.7. The lowest BCUT2D eigenvalue weighted by atomic mass is 10.1. The highest BCUT2D eigenvalue weighted by atomic mass is 32.2. The summed E-state index contributed by atoms with van der Waals surface area (Å²) in [6.07, 6.45) is -1.12. The third kappa shape index (κ3) is 3.72. The van der Waals surface area contributed by atoms with Crippen LogP contribution in [0.5, 0.6) is 0 Å². The molecule has 2 nitrogen and oxygen atoms in total. The van der Waals surface area contributed by atoms with E-state index in [9.17, 15) is 13.7 Å². The second-order valence-electron chi connectivity index (χ2n) is 4.22. The van der Waals surface area contributed by atoms with Crippen molar-refractivity contribution in [3.05, 3.63) is 66.2 Å². The molecule has 0 spiro atoms. The van der Waals surface area contributed by atoms with Crippen LogP contribution in [-0.4, -0.2) is 20.9 Å². The van der Waals surface area contributed by atoms with Crippen molar-refractivity contribution in [2.24, 2.45) is 0 Å². The molecule has 0 saturated carbocycles. The fourth-order valence-electron chi connectivity index (χ4n) is 1.78. The van der Waals surface area contributed by atoms with Gasteiger partial charge in [0.15, 0.2) is 0 Å². The van der Waals surface area contributed by atoms with Crippen LogP contribution in [0.2, 0.25) is 0 Å². The van der Waals surface area contributed by atoms with E-state index in [1.165, 1.54) is 0 Å². The Morgan fingerprint density at radius 1 is 1.00 bits per heavy atom. The third-order valence-corrected chi connectivity index (χ3v) is 4.23. The van der Waals surface area contributed by atoms with Gasteiger partial charge in [-0.25, -0.2) is 4.39 Å². The minimum absolute atomic E-state index is 0.153. The van der Waals surface area contributed by atoms with Crippen molar-refractivity contribution in [3.8, 4) is 0 Å². The first-order valence-electron chi connectivity index (χ1n) is 6.00. The molecule has 0 aliphatic rings. The summed E-state index contributed by atoms with van der Waals surface area (Å²) in [6, 6.07) is 17.5. The van der Waals surface area contributed by atoms with Gasteiger partial charge in [-0.2, -0.15) is 0 Å². The lowest BCUT2D eigenvalue weighted by Crippen LogP contribution is -2.28. The Hall–Kier alpha value is -1.52. The standard InChI is InChI=1S/C15H15FO2S/c16-15(19(18)13-9-5-2-6-10-13)14(17)11-12-7-3-1-4-8-12/h1-10,14-15,17H,11H2. The normalized spacial score (nSPS) is 15.7. The summed E-state index contributed by atoms with van der Waals surface area (Å²) >= 11 is 0. The summed E-state index contributed by atoms with van der Waals surface area (Å²) in [7, 11) is -1.85. The lowest BCUT2D eigenvalue weighted by molar-refractivity contribution is 0.120. The maximum Gasteiger partial charge on any atom is 0.205 e. The van der Waals surface area contributed by atoms with Gasteiger partial charge >= 0.3 is 0 Å². The van der Waals surface area contributed by atoms with E-state index in [1.807, 2.05) is 18.2 Å². The average Bonchev–Trinajstić information content (AvgIpc) is 2.47. The first-order chi connectivity index (χ1) is 9.18. The molecular weight excluding hydrogens is 263 g/mol. The van der Waals surface area contributed by atoms with Gasteiger partial charge in [0.05, 0.1) is 10.8 Å². The Morgan fingerprint density at radius 2 is 1.53 bits per heavy atom. The Bertz CT molecular complexity index is 530. The van der Waals surface area contributed by atoms with Crippen molar-refractivity contribution in [3.63, 3.8) is 0 Å². The van der Waals surface area contributed by atoms with Crippen molar-refractivity contribution in [2.75, 3.05) is 0 Å². The molecule has 0 saturated heterocycles. The van der Waals surface area contributed by atoms with Crippen LogP contribution in [0, 0.1) is 0 Å². The van der Waals surface area contributed by atoms with E-state index in [-0.39, 0.29) is 6.42 Å². The number of rotatable bonds is 5. The number of hydrogen-bond acceptors (Lipinski definition) is 2. The van der Waals surface area contributed by atoms with Crippen LogP contribution in [0.4, 0.5) is 4.39 Å². The first-order valence-corrected chi connectivity index (χ1v) is 7.21. The number of halogens is 1. The number of aliphatic hydroxyl groups excluding tert-OH is 1. The molecule has 2 aromatic rings. The summed E-state index contributed by atoms with van der Waals surface area (Å²) in [6.45, 7) is 0. The monoisotopic (exact) mass is 278 g/mol. The van der Waals surface area contributed by atoms with E-state index in [0.29, 0.717) is 4.90 Å². The summed E-state index contributed by atoms with van der Waals surface area (Å²) in [5.41, 5.74) is -0.967.